The van der Waals surface area contributed by atoms with E-state index in [9.17, 15) is 8.42 Å². The number of sulfonamides is 1. The van der Waals surface area contributed by atoms with Crippen LogP contribution in [0, 0.1) is 0 Å². The number of rotatable bonds is 6. The fourth-order valence-electron chi connectivity index (χ4n) is 1.89. The fourth-order valence-corrected chi connectivity index (χ4v) is 4.05. The molecule has 1 aromatic heterocycles. The Bertz CT molecular complexity index is 632. The summed E-state index contributed by atoms with van der Waals surface area (Å²) in [4.78, 5) is 0. The molecule has 2 rings (SSSR count). The molecule has 2 aromatic rings. The second kappa shape index (κ2) is 6.08. The molecule has 0 radical (unpaired) electrons. The number of benzene rings is 1. The van der Waals surface area contributed by atoms with E-state index in [2.05, 4.69) is 10.1 Å². The lowest BCUT2D eigenvalue weighted by Crippen LogP contribution is -2.37. The molecule has 0 aliphatic carbocycles. The van der Waals surface area contributed by atoms with Gasteiger partial charge >= 0.3 is 0 Å². The van der Waals surface area contributed by atoms with Gasteiger partial charge in [0.2, 0.25) is 10.0 Å². The summed E-state index contributed by atoms with van der Waals surface area (Å²) in [5.41, 5.74) is 1.75. The number of thiophene rings is 1. The first-order valence-electron chi connectivity index (χ1n) is 6.43. The van der Waals surface area contributed by atoms with Crippen molar-refractivity contribution in [1.29, 1.82) is 0 Å². The minimum absolute atomic E-state index is 0.0214. The zero-order valence-electron chi connectivity index (χ0n) is 11.7. The van der Waals surface area contributed by atoms with E-state index >= 15 is 0 Å². The average Bonchev–Trinajstić information content (AvgIpc) is 2.92. The average molecular weight is 309 g/mol. The second-order valence-electron chi connectivity index (χ2n) is 5.46. The lowest BCUT2D eigenvalue weighted by molar-refractivity contribution is 0.502. The van der Waals surface area contributed by atoms with Crippen LogP contribution in [-0.2, 0) is 21.2 Å². The molecule has 1 N–H and O–H groups in total. The van der Waals surface area contributed by atoms with Crippen LogP contribution in [0.5, 0.6) is 0 Å². The Morgan fingerprint density at radius 2 is 1.85 bits per heavy atom. The van der Waals surface area contributed by atoms with Gasteiger partial charge in [0.25, 0.3) is 0 Å². The summed E-state index contributed by atoms with van der Waals surface area (Å²) in [7, 11) is -3.31. The molecule has 0 unspecified atom stereocenters. The molecule has 5 heteroatoms. The summed E-state index contributed by atoms with van der Waals surface area (Å²) < 4.78 is 26.9. The van der Waals surface area contributed by atoms with Crippen molar-refractivity contribution in [2.75, 3.05) is 6.54 Å². The SMILES string of the molecule is CC(C)(CNS(=O)(=O)Cc1ccccc1)c1ccsc1. The van der Waals surface area contributed by atoms with Gasteiger partial charge in [-0.2, -0.15) is 11.3 Å². The van der Waals surface area contributed by atoms with E-state index in [1.165, 1.54) is 0 Å². The van der Waals surface area contributed by atoms with Gasteiger partial charge in [0.1, 0.15) is 0 Å². The molecule has 0 aliphatic rings. The van der Waals surface area contributed by atoms with Crippen LogP contribution in [0.1, 0.15) is 25.0 Å². The zero-order valence-corrected chi connectivity index (χ0v) is 13.3. The molecule has 0 saturated carbocycles. The van der Waals surface area contributed by atoms with Crippen LogP contribution in [0.4, 0.5) is 0 Å². The fraction of sp³-hybridized carbons (Fsp3) is 0.333. The molecule has 0 fully saturated rings. The van der Waals surface area contributed by atoms with Crippen molar-refractivity contribution in [3.05, 3.63) is 58.3 Å². The van der Waals surface area contributed by atoms with Crippen molar-refractivity contribution >= 4 is 21.4 Å². The summed E-state index contributed by atoms with van der Waals surface area (Å²) >= 11 is 1.63. The summed E-state index contributed by atoms with van der Waals surface area (Å²) in [6, 6.07) is 11.3. The molecule has 0 saturated heterocycles. The summed E-state index contributed by atoms with van der Waals surface area (Å²) in [6.45, 7) is 4.49. The van der Waals surface area contributed by atoms with E-state index < -0.39 is 10.0 Å². The van der Waals surface area contributed by atoms with Crippen molar-refractivity contribution in [2.24, 2.45) is 0 Å². The van der Waals surface area contributed by atoms with Crippen LogP contribution < -0.4 is 4.72 Å². The minimum Gasteiger partial charge on any atom is -0.214 e. The molecule has 0 aliphatic heterocycles. The Kier molecular flexibility index (Phi) is 4.62. The Balaban J connectivity index is 1.99. The molecule has 108 valence electrons. The quantitative estimate of drug-likeness (QED) is 0.891. The van der Waals surface area contributed by atoms with Gasteiger partial charge in [0.15, 0.2) is 0 Å². The van der Waals surface area contributed by atoms with Crippen LogP contribution >= 0.6 is 11.3 Å². The molecular formula is C15H19NO2S2. The smallest absolute Gasteiger partial charge is 0.214 e. The Morgan fingerprint density at radius 1 is 1.15 bits per heavy atom. The molecule has 20 heavy (non-hydrogen) atoms. The topological polar surface area (TPSA) is 46.2 Å². The molecule has 0 amide bonds. The highest BCUT2D eigenvalue weighted by atomic mass is 32.2. The number of hydrogen-bond acceptors (Lipinski definition) is 3. The monoisotopic (exact) mass is 309 g/mol. The van der Waals surface area contributed by atoms with Gasteiger partial charge in [0, 0.05) is 12.0 Å². The molecule has 1 heterocycles. The molecule has 0 spiro atoms. The molecule has 3 nitrogen and oxygen atoms in total. The third-order valence-electron chi connectivity index (χ3n) is 3.24. The summed E-state index contributed by atoms with van der Waals surface area (Å²) in [5, 5.41) is 4.07. The van der Waals surface area contributed by atoms with Gasteiger partial charge in [0.05, 0.1) is 5.75 Å². The molecule has 0 bridgehead atoms. The van der Waals surface area contributed by atoms with Crippen LogP contribution in [0.2, 0.25) is 0 Å². The number of nitrogens with one attached hydrogen (secondary N) is 1. The van der Waals surface area contributed by atoms with Crippen molar-refractivity contribution < 1.29 is 8.42 Å². The van der Waals surface area contributed by atoms with Crippen molar-refractivity contribution in [3.63, 3.8) is 0 Å². The zero-order chi connectivity index (χ0) is 14.6. The predicted octanol–water partition coefficient (Wildman–Crippen LogP) is 3.15. The van der Waals surface area contributed by atoms with Crippen molar-refractivity contribution in [1.82, 2.24) is 4.72 Å². The predicted molar refractivity (Wildman–Crippen MR) is 84.4 cm³/mol. The second-order valence-corrected chi connectivity index (χ2v) is 8.05. The van der Waals surface area contributed by atoms with E-state index in [4.69, 9.17) is 0 Å². The first-order valence-corrected chi connectivity index (χ1v) is 9.02. The summed E-state index contributed by atoms with van der Waals surface area (Å²) in [6.07, 6.45) is 0. The third-order valence-corrected chi connectivity index (χ3v) is 5.22. The van der Waals surface area contributed by atoms with Crippen molar-refractivity contribution in [3.8, 4) is 0 Å². The highest BCUT2D eigenvalue weighted by Gasteiger charge is 2.23. The van der Waals surface area contributed by atoms with E-state index in [-0.39, 0.29) is 11.2 Å². The third kappa shape index (κ3) is 4.16. The first-order chi connectivity index (χ1) is 9.39. The largest absolute Gasteiger partial charge is 0.215 e. The maximum absolute atomic E-state index is 12.1. The Hall–Kier alpha value is -1.17. The maximum atomic E-state index is 12.1. The molecule has 1 aromatic carbocycles. The molecule has 0 atom stereocenters. The van der Waals surface area contributed by atoms with Gasteiger partial charge in [-0.3, -0.25) is 0 Å². The number of hydrogen-bond donors (Lipinski definition) is 1. The van der Waals surface area contributed by atoms with Gasteiger partial charge in [-0.15, -0.1) is 0 Å². The van der Waals surface area contributed by atoms with E-state index in [1.807, 2.05) is 55.6 Å². The highest BCUT2D eigenvalue weighted by Crippen LogP contribution is 2.24. The standard InChI is InChI=1S/C15H19NO2S2/c1-15(2,14-8-9-19-10-14)12-16-20(17,18)11-13-6-4-3-5-7-13/h3-10,16H,11-12H2,1-2H3. The molecular weight excluding hydrogens is 290 g/mol. The van der Waals surface area contributed by atoms with Crippen LogP contribution in [-0.4, -0.2) is 15.0 Å². The Labute approximate surface area is 124 Å². The Morgan fingerprint density at radius 3 is 2.45 bits per heavy atom. The van der Waals surface area contributed by atoms with Crippen LogP contribution in [0.3, 0.4) is 0 Å². The lowest BCUT2D eigenvalue weighted by Gasteiger charge is -2.24. The van der Waals surface area contributed by atoms with Crippen molar-refractivity contribution in [2.45, 2.75) is 25.0 Å². The normalized spacial score (nSPS) is 12.5. The van der Waals surface area contributed by atoms with Gasteiger partial charge in [-0.25, -0.2) is 13.1 Å². The van der Waals surface area contributed by atoms with Gasteiger partial charge < -0.3 is 0 Å². The minimum atomic E-state index is -3.31. The van der Waals surface area contributed by atoms with E-state index in [0.29, 0.717) is 6.54 Å². The van der Waals surface area contributed by atoms with Crippen LogP contribution in [0.25, 0.3) is 0 Å². The lowest BCUT2D eigenvalue weighted by atomic mass is 9.87. The highest BCUT2D eigenvalue weighted by molar-refractivity contribution is 7.88. The maximum Gasteiger partial charge on any atom is 0.215 e. The van der Waals surface area contributed by atoms with E-state index in [0.717, 1.165) is 11.1 Å². The van der Waals surface area contributed by atoms with Crippen LogP contribution in [0.15, 0.2) is 47.2 Å². The van der Waals surface area contributed by atoms with Gasteiger partial charge in [-0.05, 0) is 28.0 Å². The summed E-state index contributed by atoms with van der Waals surface area (Å²) in [5.74, 6) is 0.0214. The van der Waals surface area contributed by atoms with E-state index in [1.54, 1.807) is 11.3 Å². The van der Waals surface area contributed by atoms with Gasteiger partial charge in [-0.1, -0.05) is 44.2 Å². The first kappa shape index (κ1) is 15.2.